The van der Waals surface area contributed by atoms with Crippen LogP contribution in [0.15, 0.2) is 52.3 Å². The van der Waals surface area contributed by atoms with Crippen molar-refractivity contribution in [3.8, 4) is 0 Å². The summed E-state index contributed by atoms with van der Waals surface area (Å²) in [6, 6.07) is 10.6. The van der Waals surface area contributed by atoms with E-state index >= 15 is 0 Å². The molecule has 0 unspecified atom stereocenters. The minimum Gasteiger partial charge on any atom is -0.379 e. The number of ketones is 1. The van der Waals surface area contributed by atoms with Crippen LogP contribution >= 0.6 is 11.3 Å². The molecule has 1 fully saturated rings. The molecule has 1 aliphatic rings. The molecular formula is C20H21N3O6S3. The number of anilines is 1. The molecule has 2 aromatic carbocycles. The van der Waals surface area contributed by atoms with Crippen molar-refractivity contribution in [2.24, 2.45) is 0 Å². The summed E-state index contributed by atoms with van der Waals surface area (Å²) < 4.78 is 56.4. The number of morpholine rings is 1. The Hall–Kier alpha value is -2.38. The van der Waals surface area contributed by atoms with Crippen molar-refractivity contribution in [1.82, 2.24) is 9.29 Å². The predicted octanol–water partition coefficient (Wildman–Crippen LogP) is 2.02. The third-order valence-corrected chi connectivity index (χ3v) is 8.93. The van der Waals surface area contributed by atoms with Gasteiger partial charge in [0.05, 0.1) is 39.8 Å². The normalized spacial score (nSPS) is 15.7. The molecule has 0 radical (unpaired) electrons. The molecular weight excluding hydrogens is 474 g/mol. The zero-order chi connectivity index (χ0) is 22.9. The number of sulfone groups is 1. The van der Waals surface area contributed by atoms with Gasteiger partial charge in [-0.15, -0.1) is 0 Å². The Morgan fingerprint density at radius 2 is 1.84 bits per heavy atom. The molecule has 170 valence electrons. The van der Waals surface area contributed by atoms with Crippen LogP contribution in [-0.4, -0.2) is 71.0 Å². The van der Waals surface area contributed by atoms with E-state index in [1.807, 2.05) is 0 Å². The molecule has 0 saturated carbocycles. The lowest BCUT2D eigenvalue weighted by atomic mass is 10.1. The van der Waals surface area contributed by atoms with Crippen LogP contribution in [0.4, 0.5) is 5.13 Å². The maximum absolute atomic E-state index is 12.8. The van der Waals surface area contributed by atoms with E-state index in [1.165, 1.54) is 33.8 Å². The number of thiazole rings is 1. The summed E-state index contributed by atoms with van der Waals surface area (Å²) in [5.74, 6) is -0.292. The molecule has 0 aliphatic carbocycles. The number of aromatic nitrogens is 1. The lowest BCUT2D eigenvalue weighted by molar-refractivity contribution is 0.0730. The molecule has 0 atom stereocenters. The summed E-state index contributed by atoms with van der Waals surface area (Å²) in [6.45, 7) is 1.16. The third-order valence-electron chi connectivity index (χ3n) is 4.95. The van der Waals surface area contributed by atoms with E-state index in [2.05, 4.69) is 10.3 Å². The fourth-order valence-corrected chi connectivity index (χ4v) is 6.31. The summed E-state index contributed by atoms with van der Waals surface area (Å²) in [4.78, 5) is 17.3. The van der Waals surface area contributed by atoms with Gasteiger partial charge in [-0.1, -0.05) is 23.5 Å². The Morgan fingerprint density at radius 1 is 1.09 bits per heavy atom. The molecule has 3 aromatic rings. The number of ether oxygens (including phenoxy) is 1. The van der Waals surface area contributed by atoms with Gasteiger partial charge >= 0.3 is 0 Å². The smallest absolute Gasteiger partial charge is 0.243 e. The lowest BCUT2D eigenvalue weighted by Gasteiger charge is -2.26. The van der Waals surface area contributed by atoms with E-state index in [0.29, 0.717) is 28.6 Å². The van der Waals surface area contributed by atoms with Crippen molar-refractivity contribution in [2.45, 2.75) is 9.79 Å². The highest BCUT2D eigenvalue weighted by atomic mass is 32.2. The molecule has 4 rings (SSSR count). The molecule has 9 nitrogen and oxygen atoms in total. The Balaban J connectivity index is 1.48. The molecule has 1 saturated heterocycles. The highest BCUT2D eigenvalue weighted by Gasteiger charge is 2.26. The van der Waals surface area contributed by atoms with Gasteiger partial charge in [-0.3, -0.25) is 4.79 Å². The Labute approximate surface area is 190 Å². The number of carbonyl (C=O) groups is 1. The lowest BCUT2D eigenvalue weighted by Crippen LogP contribution is -2.40. The highest BCUT2D eigenvalue weighted by molar-refractivity contribution is 7.90. The maximum Gasteiger partial charge on any atom is 0.243 e. The summed E-state index contributed by atoms with van der Waals surface area (Å²) in [5, 5.41) is 3.41. The zero-order valence-electron chi connectivity index (χ0n) is 17.1. The quantitative estimate of drug-likeness (QED) is 0.494. The van der Waals surface area contributed by atoms with Crippen LogP contribution in [0.25, 0.3) is 10.2 Å². The summed E-state index contributed by atoms with van der Waals surface area (Å²) in [7, 11) is -7.02. The number of sulfonamides is 1. The van der Waals surface area contributed by atoms with Gasteiger partial charge in [-0.25, -0.2) is 21.8 Å². The van der Waals surface area contributed by atoms with E-state index in [0.717, 1.165) is 6.26 Å². The number of Topliss-reactive ketones (excluding diaryl/α,β-unsaturated/α-hetero) is 1. The second-order valence-corrected chi connectivity index (χ2v) is 12.2. The van der Waals surface area contributed by atoms with Crippen LogP contribution in [0.3, 0.4) is 0 Å². The Bertz CT molecular complexity index is 1380. The van der Waals surface area contributed by atoms with E-state index in [-0.39, 0.29) is 40.8 Å². The first-order valence-electron chi connectivity index (χ1n) is 9.70. The SMILES string of the molecule is CS(=O)(=O)c1ccc2nc(NCC(=O)c3cccc(S(=O)(=O)N4CCOCC4)c3)sc2c1. The van der Waals surface area contributed by atoms with E-state index in [4.69, 9.17) is 4.74 Å². The van der Waals surface area contributed by atoms with E-state index in [9.17, 15) is 21.6 Å². The number of hydrogen-bond acceptors (Lipinski definition) is 9. The van der Waals surface area contributed by atoms with Gasteiger partial charge in [0.25, 0.3) is 0 Å². The monoisotopic (exact) mass is 495 g/mol. The zero-order valence-corrected chi connectivity index (χ0v) is 19.6. The first kappa shape index (κ1) is 22.8. The van der Waals surface area contributed by atoms with Crippen molar-refractivity contribution < 1.29 is 26.4 Å². The van der Waals surface area contributed by atoms with Crippen LogP contribution in [0.1, 0.15) is 10.4 Å². The number of benzene rings is 2. The largest absolute Gasteiger partial charge is 0.379 e. The number of carbonyl (C=O) groups excluding carboxylic acids is 1. The predicted molar refractivity (Wildman–Crippen MR) is 122 cm³/mol. The van der Waals surface area contributed by atoms with Crippen molar-refractivity contribution in [3.63, 3.8) is 0 Å². The van der Waals surface area contributed by atoms with Gasteiger partial charge in [0.1, 0.15) is 0 Å². The molecule has 1 aromatic heterocycles. The van der Waals surface area contributed by atoms with Crippen molar-refractivity contribution in [2.75, 3.05) is 44.4 Å². The number of rotatable bonds is 7. The van der Waals surface area contributed by atoms with E-state index < -0.39 is 19.9 Å². The van der Waals surface area contributed by atoms with Crippen LogP contribution in [0, 0.1) is 0 Å². The van der Waals surface area contributed by atoms with Crippen molar-refractivity contribution >= 4 is 52.3 Å². The fourth-order valence-electron chi connectivity index (χ4n) is 3.24. The van der Waals surface area contributed by atoms with Crippen LogP contribution < -0.4 is 5.32 Å². The van der Waals surface area contributed by atoms with E-state index in [1.54, 1.807) is 24.3 Å². The maximum atomic E-state index is 12.8. The van der Waals surface area contributed by atoms with Gasteiger partial charge < -0.3 is 10.1 Å². The molecule has 1 aliphatic heterocycles. The Morgan fingerprint density at radius 3 is 2.56 bits per heavy atom. The van der Waals surface area contributed by atoms with Gasteiger partial charge in [0.2, 0.25) is 10.0 Å². The molecule has 0 amide bonds. The first-order valence-corrected chi connectivity index (χ1v) is 13.8. The molecule has 12 heteroatoms. The van der Waals surface area contributed by atoms with Crippen LogP contribution in [-0.2, 0) is 24.6 Å². The van der Waals surface area contributed by atoms with Crippen LogP contribution in [0.5, 0.6) is 0 Å². The second kappa shape index (κ2) is 8.87. The second-order valence-electron chi connectivity index (χ2n) is 7.24. The number of nitrogens with one attached hydrogen (secondary N) is 1. The topological polar surface area (TPSA) is 123 Å². The molecule has 2 heterocycles. The average molecular weight is 496 g/mol. The van der Waals surface area contributed by atoms with Gasteiger partial charge in [-0.2, -0.15) is 4.31 Å². The average Bonchev–Trinajstić information content (AvgIpc) is 3.20. The number of hydrogen-bond donors (Lipinski definition) is 1. The fraction of sp³-hybridized carbons (Fsp3) is 0.300. The summed E-state index contributed by atoms with van der Waals surface area (Å²) >= 11 is 1.24. The van der Waals surface area contributed by atoms with Crippen molar-refractivity contribution in [3.05, 3.63) is 48.0 Å². The first-order chi connectivity index (χ1) is 15.1. The molecule has 1 N–H and O–H groups in total. The molecule has 0 spiro atoms. The number of fused-ring (bicyclic) bond motifs is 1. The minimum atomic E-state index is -3.70. The molecule has 0 bridgehead atoms. The standard InChI is InChI=1S/C20H21N3O6S3/c1-31(25,26)15-5-6-17-19(12-15)30-20(22-17)21-13-18(24)14-3-2-4-16(11-14)32(27,28)23-7-9-29-10-8-23/h2-6,11-12H,7-10,13H2,1H3,(H,21,22). The van der Waals surface area contributed by atoms with Crippen LogP contribution in [0.2, 0.25) is 0 Å². The highest BCUT2D eigenvalue weighted by Crippen LogP contribution is 2.28. The summed E-state index contributed by atoms with van der Waals surface area (Å²) in [6.07, 6.45) is 1.14. The number of nitrogens with zero attached hydrogens (tertiary/aromatic N) is 2. The summed E-state index contributed by atoms with van der Waals surface area (Å²) in [5.41, 5.74) is 0.892. The molecule has 32 heavy (non-hydrogen) atoms. The third kappa shape index (κ3) is 4.84. The van der Waals surface area contributed by atoms with Gasteiger partial charge in [-0.05, 0) is 30.3 Å². The van der Waals surface area contributed by atoms with Gasteiger partial charge in [0, 0.05) is 24.9 Å². The Kier molecular flexibility index (Phi) is 6.32. The van der Waals surface area contributed by atoms with Gasteiger partial charge in [0.15, 0.2) is 20.8 Å². The van der Waals surface area contributed by atoms with Crippen molar-refractivity contribution in [1.29, 1.82) is 0 Å². The minimum absolute atomic E-state index is 0.0681.